The maximum Gasteiger partial charge on any atom is 0.231 e. The number of carbonyl (C=O) groups is 1. The summed E-state index contributed by atoms with van der Waals surface area (Å²) in [6.45, 7) is 2.28. The van der Waals surface area contributed by atoms with E-state index in [4.69, 9.17) is 0 Å². The van der Waals surface area contributed by atoms with Gasteiger partial charge in [-0.1, -0.05) is 25.1 Å². The summed E-state index contributed by atoms with van der Waals surface area (Å²) in [7, 11) is 0. The molecule has 0 saturated carbocycles. The fourth-order valence-corrected chi connectivity index (χ4v) is 4.32. The minimum absolute atomic E-state index is 0.264. The molecule has 0 N–H and O–H groups in total. The molecule has 0 spiro atoms. The second-order valence-corrected chi connectivity index (χ2v) is 6.06. The van der Waals surface area contributed by atoms with Crippen LogP contribution in [0.2, 0.25) is 0 Å². The summed E-state index contributed by atoms with van der Waals surface area (Å²) in [6.07, 6.45) is 6.56. The quantitative estimate of drug-likeness (QED) is 0.751. The first-order valence-electron chi connectivity index (χ1n) is 7.43. The van der Waals surface area contributed by atoms with E-state index in [1.165, 1.54) is 29.5 Å². The molecule has 0 bridgehead atoms. The molecule has 0 saturated heterocycles. The molecule has 2 nitrogen and oxygen atoms in total. The Bertz CT molecular complexity index is 682. The SMILES string of the molecule is CC[C@@]12CCCc3c1n(c1ccccc31)C(=O)CC2. The van der Waals surface area contributed by atoms with E-state index in [-0.39, 0.29) is 5.41 Å². The van der Waals surface area contributed by atoms with Gasteiger partial charge in [-0.25, -0.2) is 0 Å². The molecule has 0 unspecified atom stereocenters. The van der Waals surface area contributed by atoms with E-state index in [9.17, 15) is 4.79 Å². The minimum Gasteiger partial charge on any atom is -0.283 e. The van der Waals surface area contributed by atoms with Crippen LogP contribution in [0, 0.1) is 0 Å². The number of hydrogen-bond donors (Lipinski definition) is 0. The van der Waals surface area contributed by atoms with Gasteiger partial charge in [0.2, 0.25) is 5.91 Å². The lowest BCUT2D eigenvalue weighted by molar-refractivity contribution is 0.0844. The van der Waals surface area contributed by atoms with Gasteiger partial charge in [-0.05, 0) is 43.7 Å². The molecule has 1 atom stereocenters. The largest absolute Gasteiger partial charge is 0.283 e. The first-order valence-corrected chi connectivity index (χ1v) is 7.43. The van der Waals surface area contributed by atoms with Crippen molar-refractivity contribution < 1.29 is 4.79 Å². The van der Waals surface area contributed by atoms with Gasteiger partial charge in [0.15, 0.2) is 0 Å². The van der Waals surface area contributed by atoms with Crippen LogP contribution in [0.5, 0.6) is 0 Å². The van der Waals surface area contributed by atoms with Crippen molar-refractivity contribution in [2.75, 3.05) is 0 Å². The van der Waals surface area contributed by atoms with Crippen molar-refractivity contribution in [2.24, 2.45) is 0 Å². The van der Waals surface area contributed by atoms with Crippen LogP contribution >= 0.6 is 0 Å². The number of para-hydroxylation sites is 1. The first-order chi connectivity index (χ1) is 9.27. The summed E-state index contributed by atoms with van der Waals surface area (Å²) in [4.78, 5) is 12.4. The second-order valence-electron chi connectivity index (χ2n) is 6.06. The Morgan fingerprint density at radius 2 is 2.05 bits per heavy atom. The molecule has 2 heterocycles. The highest BCUT2D eigenvalue weighted by Crippen LogP contribution is 2.49. The number of aryl methyl sites for hydroxylation is 1. The minimum atomic E-state index is 0.264. The molecule has 98 valence electrons. The lowest BCUT2D eigenvalue weighted by Crippen LogP contribution is -2.39. The number of fused-ring (bicyclic) bond motifs is 3. The average Bonchev–Trinajstić information content (AvgIpc) is 2.80. The van der Waals surface area contributed by atoms with Crippen molar-refractivity contribution in [3.05, 3.63) is 35.5 Å². The Hall–Kier alpha value is -1.57. The molecule has 0 fully saturated rings. The van der Waals surface area contributed by atoms with Gasteiger partial charge in [0.05, 0.1) is 5.52 Å². The third-order valence-electron chi connectivity index (χ3n) is 5.31. The van der Waals surface area contributed by atoms with Crippen LogP contribution < -0.4 is 0 Å². The highest BCUT2D eigenvalue weighted by Gasteiger charge is 2.43. The van der Waals surface area contributed by atoms with Gasteiger partial charge in [-0.3, -0.25) is 9.36 Å². The third-order valence-corrected chi connectivity index (χ3v) is 5.31. The van der Waals surface area contributed by atoms with Gasteiger partial charge in [-0.2, -0.15) is 0 Å². The van der Waals surface area contributed by atoms with Gasteiger partial charge in [0.1, 0.15) is 0 Å². The van der Waals surface area contributed by atoms with Gasteiger partial charge in [0.25, 0.3) is 0 Å². The van der Waals surface area contributed by atoms with E-state index in [2.05, 4.69) is 29.7 Å². The molecule has 2 aromatic rings. The summed E-state index contributed by atoms with van der Waals surface area (Å²) in [5.74, 6) is 0.295. The van der Waals surface area contributed by atoms with Crippen molar-refractivity contribution in [2.45, 2.75) is 50.9 Å². The van der Waals surface area contributed by atoms with Crippen molar-refractivity contribution in [3.63, 3.8) is 0 Å². The fourth-order valence-electron chi connectivity index (χ4n) is 4.32. The van der Waals surface area contributed by atoms with Crippen LogP contribution in [0.15, 0.2) is 24.3 Å². The number of rotatable bonds is 1. The summed E-state index contributed by atoms with van der Waals surface area (Å²) >= 11 is 0. The molecule has 1 aliphatic carbocycles. The zero-order chi connectivity index (χ0) is 13.0. The molecule has 0 amide bonds. The first kappa shape index (κ1) is 11.3. The lowest BCUT2D eigenvalue weighted by Gasteiger charge is -2.41. The molecule has 1 aliphatic heterocycles. The van der Waals surface area contributed by atoms with Gasteiger partial charge in [0, 0.05) is 22.9 Å². The van der Waals surface area contributed by atoms with Gasteiger partial charge < -0.3 is 0 Å². The smallest absolute Gasteiger partial charge is 0.231 e. The van der Waals surface area contributed by atoms with Crippen LogP contribution in [0.1, 0.15) is 55.1 Å². The summed E-state index contributed by atoms with van der Waals surface area (Å²) in [6, 6.07) is 8.44. The van der Waals surface area contributed by atoms with Crippen LogP contribution in [-0.4, -0.2) is 10.5 Å². The molecule has 2 aliphatic rings. The fraction of sp³-hybridized carbons (Fsp3) is 0.471. The summed E-state index contributed by atoms with van der Waals surface area (Å²) in [5, 5.41) is 1.31. The predicted molar refractivity (Wildman–Crippen MR) is 76.7 cm³/mol. The van der Waals surface area contributed by atoms with E-state index in [1.54, 1.807) is 0 Å². The summed E-state index contributed by atoms with van der Waals surface area (Å²) in [5.41, 5.74) is 4.22. The second kappa shape index (κ2) is 3.72. The van der Waals surface area contributed by atoms with Crippen LogP contribution in [0.4, 0.5) is 0 Å². The van der Waals surface area contributed by atoms with Crippen molar-refractivity contribution in [1.82, 2.24) is 4.57 Å². The summed E-state index contributed by atoms with van der Waals surface area (Å²) < 4.78 is 2.05. The molecular formula is C17H19NO. The highest BCUT2D eigenvalue weighted by atomic mass is 16.2. The van der Waals surface area contributed by atoms with Crippen LogP contribution in [0.3, 0.4) is 0 Å². The Morgan fingerprint density at radius 1 is 1.21 bits per heavy atom. The van der Waals surface area contributed by atoms with E-state index < -0.39 is 0 Å². The molecule has 1 aromatic carbocycles. The van der Waals surface area contributed by atoms with E-state index >= 15 is 0 Å². The zero-order valence-electron chi connectivity index (χ0n) is 11.4. The van der Waals surface area contributed by atoms with Gasteiger partial charge >= 0.3 is 0 Å². The maximum atomic E-state index is 12.4. The maximum absolute atomic E-state index is 12.4. The Kier molecular flexibility index (Phi) is 2.21. The third kappa shape index (κ3) is 1.29. The van der Waals surface area contributed by atoms with Crippen LogP contribution in [0.25, 0.3) is 10.9 Å². The van der Waals surface area contributed by atoms with E-state index in [0.717, 1.165) is 24.8 Å². The van der Waals surface area contributed by atoms with Gasteiger partial charge in [-0.15, -0.1) is 0 Å². The standard InChI is InChI=1S/C17H19NO/c1-2-17-10-5-7-13-12-6-3-4-8-14(12)18(16(13)17)15(19)9-11-17/h3-4,6,8H,2,5,7,9-11H2,1H3/t17-/m0/s1. The Balaban J connectivity index is 2.16. The topological polar surface area (TPSA) is 22.0 Å². The number of hydrogen-bond acceptors (Lipinski definition) is 1. The predicted octanol–water partition coefficient (Wildman–Crippen LogP) is 4.06. The number of carbonyl (C=O) groups excluding carboxylic acids is 1. The van der Waals surface area contributed by atoms with Crippen molar-refractivity contribution in [3.8, 4) is 0 Å². The molecule has 19 heavy (non-hydrogen) atoms. The van der Waals surface area contributed by atoms with E-state index in [1.807, 2.05) is 6.07 Å². The Labute approximate surface area is 113 Å². The number of benzene rings is 1. The Morgan fingerprint density at radius 3 is 2.89 bits per heavy atom. The molecular weight excluding hydrogens is 234 g/mol. The molecule has 2 heteroatoms. The lowest BCUT2D eigenvalue weighted by atomic mass is 9.67. The number of nitrogens with zero attached hydrogens (tertiary/aromatic N) is 1. The highest BCUT2D eigenvalue weighted by molar-refractivity contribution is 5.97. The van der Waals surface area contributed by atoms with Crippen molar-refractivity contribution in [1.29, 1.82) is 0 Å². The molecule has 0 radical (unpaired) electrons. The zero-order valence-corrected chi connectivity index (χ0v) is 11.4. The van der Waals surface area contributed by atoms with E-state index in [0.29, 0.717) is 12.3 Å². The average molecular weight is 253 g/mol. The van der Waals surface area contributed by atoms with Crippen LogP contribution in [-0.2, 0) is 11.8 Å². The molecule has 1 aromatic heterocycles. The monoisotopic (exact) mass is 253 g/mol. The van der Waals surface area contributed by atoms with Crippen molar-refractivity contribution >= 4 is 16.8 Å². The molecule has 4 rings (SSSR count). The normalized spacial score (nSPS) is 25.6. The number of aromatic nitrogens is 1.